The third-order valence-corrected chi connectivity index (χ3v) is 5.46. The maximum atomic E-state index is 6.31. The number of nitrogens with zero attached hydrogens (tertiary/aromatic N) is 3. The molecule has 176 valence electrons. The van der Waals surface area contributed by atoms with Crippen molar-refractivity contribution in [2.45, 2.75) is 91.1 Å². The molecular formula is C24H41N3O4. The van der Waals surface area contributed by atoms with Gasteiger partial charge in [0.1, 0.15) is 12.4 Å². The number of anilines is 1. The molecule has 1 saturated heterocycles. The van der Waals surface area contributed by atoms with E-state index in [1.807, 2.05) is 26.8 Å². The Morgan fingerprint density at radius 3 is 2.32 bits per heavy atom. The molecule has 0 bridgehead atoms. The van der Waals surface area contributed by atoms with Gasteiger partial charge in [-0.25, -0.2) is 0 Å². The summed E-state index contributed by atoms with van der Waals surface area (Å²) in [5.41, 5.74) is 0.0709. The molecule has 3 rings (SSSR count). The molecule has 1 aromatic rings. The smallest absolute Gasteiger partial charge is 0.154 e. The third-order valence-electron chi connectivity index (χ3n) is 5.46. The van der Waals surface area contributed by atoms with E-state index in [4.69, 9.17) is 18.9 Å². The van der Waals surface area contributed by atoms with Crippen LogP contribution in [0.15, 0.2) is 12.3 Å². The summed E-state index contributed by atoms with van der Waals surface area (Å²) in [6.45, 7) is 16.5. The van der Waals surface area contributed by atoms with Gasteiger partial charge in [-0.05, 0) is 51.9 Å². The van der Waals surface area contributed by atoms with Gasteiger partial charge in [0.05, 0.1) is 43.3 Å². The van der Waals surface area contributed by atoms with Crippen molar-refractivity contribution in [3.05, 3.63) is 12.3 Å². The minimum absolute atomic E-state index is 0.155. The lowest BCUT2D eigenvalue weighted by Crippen LogP contribution is -2.44. The van der Waals surface area contributed by atoms with Gasteiger partial charge in [0.25, 0.3) is 0 Å². The normalized spacial score (nSPS) is 23.0. The van der Waals surface area contributed by atoms with E-state index in [-0.39, 0.29) is 11.0 Å². The lowest BCUT2D eigenvalue weighted by molar-refractivity contribution is -0.137. The molecule has 1 saturated carbocycles. The van der Waals surface area contributed by atoms with Crippen molar-refractivity contribution >= 4 is 5.82 Å². The second-order valence-corrected chi connectivity index (χ2v) is 11.0. The maximum Gasteiger partial charge on any atom is 0.154 e. The molecule has 1 aliphatic heterocycles. The Balaban J connectivity index is 1.34. The van der Waals surface area contributed by atoms with E-state index in [1.54, 1.807) is 6.20 Å². The molecule has 1 aliphatic carbocycles. The summed E-state index contributed by atoms with van der Waals surface area (Å²) in [7, 11) is 0. The first-order valence-electron chi connectivity index (χ1n) is 11.7. The van der Waals surface area contributed by atoms with E-state index in [0.29, 0.717) is 31.5 Å². The zero-order valence-corrected chi connectivity index (χ0v) is 20.2. The third kappa shape index (κ3) is 8.54. The molecule has 2 heterocycles. The van der Waals surface area contributed by atoms with Crippen LogP contribution in [0.4, 0.5) is 5.82 Å². The predicted octanol–water partition coefficient (Wildman–Crippen LogP) is 4.25. The molecule has 0 atom stereocenters. The summed E-state index contributed by atoms with van der Waals surface area (Å²) >= 11 is 0. The maximum absolute atomic E-state index is 6.31. The summed E-state index contributed by atoms with van der Waals surface area (Å²) in [4.78, 5) is 2.27. The van der Waals surface area contributed by atoms with Crippen molar-refractivity contribution in [3.8, 4) is 5.75 Å². The molecule has 0 aromatic carbocycles. The van der Waals surface area contributed by atoms with Crippen molar-refractivity contribution in [2.24, 2.45) is 5.41 Å². The minimum atomic E-state index is -0.155. The number of aromatic nitrogens is 2. The van der Waals surface area contributed by atoms with E-state index in [0.717, 1.165) is 56.9 Å². The van der Waals surface area contributed by atoms with Crippen LogP contribution < -0.4 is 9.64 Å². The molecule has 2 aliphatic rings. The summed E-state index contributed by atoms with van der Waals surface area (Å²) in [6, 6.07) is 1.97. The zero-order valence-electron chi connectivity index (χ0n) is 20.2. The first kappa shape index (κ1) is 24.2. The number of piperidine rings is 1. The fourth-order valence-electron chi connectivity index (χ4n) is 3.70. The Kier molecular flexibility index (Phi) is 8.16. The largest absolute Gasteiger partial charge is 0.489 e. The van der Waals surface area contributed by atoms with E-state index < -0.39 is 0 Å². The van der Waals surface area contributed by atoms with E-state index in [1.165, 1.54) is 0 Å². The molecule has 0 radical (unpaired) electrons. The van der Waals surface area contributed by atoms with Gasteiger partial charge in [-0.2, -0.15) is 5.10 Å². The molecule has 0 spiro atoms. The van der Waals surface area contributed by atoms with Crippen LogP contribution in [0.2, 0.25) is 0 Å². The Morgan fingerprint density at radius 1 is 0.968 bits per heavy atom. The first-order valence-corrected chi connectivity index (χ1v) is 11.7. The van der Waals surface area contributed by atoms with Gasteiger partial charge in [0.15, 0.2) is 5.82 Å². The molecule has 31 heavy (non-hydrogen) atoms. The molecule has 7 heteroatoms. The van der Waals surface area contributed by atoms with Crippen LogP contribution in [-0.4, -0.2) is 67.0 Å². The molecule has 0 N–H and O–H groups in total. The highest BCUT2D eigenvalue weighted by atomic mass is 16.5. The average Bonchev–Trinajstić information content (AvgIpc) is 2.66. The highest BCUT2D eigenvalue weighted by Gasteiger charge is 2.34. The van der Waals surface area contributed by atoms with Gasteiger partial charge >= 0.3 is 0 Å². The van der Waals surface area contributed by atoms with E-state index in [2.05, 4.69) is 35.9 Å². The van der Waals surface area contributed by atoms with Gasteiger partial charge in [0, 0.05) is 19.2 Å². The van der Waals surface area contributed by atoms with Crippen molar-refractivity contribution in [2.75, 3.05) is 37.8 Å². The fraction of sp³-hybridized carbons (Fsp3) is 0.833. The zero-order chi connectivity index (χ0) is 22.5. The highest BCUT2D eigenvalue weighted by molar-refractivity contribution is 5.42. The molecule has 1 aromatic heterocycles. The van der Waals surface area contributed by atoms with Crippen LogP contribution in [0.3, 0.4) is 0 Å². The van der Waals surface area contributed by atoms with Gasteiger partial charge < -0.3 is 23.8 Å². The summed E-state index contributed by atoms with van der Waals surface area (Å²) in [5, 5.41) is 8.42. The van der Waals surface area contributed by atoms with Crippen LogP contribution in [0.25, 0.3) is 0 Å². The van der Waals surface area contributed by atoms with Crippen LogP contribution >= 0.6 is 0 Å². The number of rotatable bonds is 9. The summed E-state index contributed by atoms with van der Waals surface area (Å²) in [6.07, 6.45) is 6.79. The van der Waals surface area contributed by atoms with Gasteiger partial charge in [-0.15, -0.1) is 5.10 Å². The van der Waals surface area contributed by atoms with Crippen molar-refractivity contribution in [1.29, 1.82) is 0 Å². The lowest BCUT2D eigenvalue weighted by Gasteiger charge is -2.40. The number of hydrogen-bond acceptors (Lipinski definition) is 7. The Morgan fingerprint density at radius 2 is 1.68 bits per heavy atom. The quantitative estimate of drug-likeness (QED) is 0.537. The predicted molar refractivity (Wildman–Crippen MR) is 122 cm³/mol. The van der Waals surface area contributed by atoms with Crippen LogP contribution in [0.5, 0.6) is 5.75 Å². The average molecular weight is 436 g/mol. The summed E-state index contributed by atoms with van der Waals surface area (Å²) < 4.78 is 23.8. The molecule has 0 amide bonds. The summed E-state index contributed by atoms with van der Waals surface area (Å²) in [5.74, 6) is 1.60. The van der Waals surface area contributed by atoms with E-state index >= 15 is 0 Å². The van der Waals surface area contributed by atoms with Crippen LogP contribution in [-0.2, 0) is 14.2 Å². The molecular weight excluding hydrogens is 394 g/mol. The molecule has 2 fully saturated rings. The van der Waals surface area contributed by atoms with Crippen molar-refractivity contribution in [3.63, 3.8) is 0 Å². The Bertz CT molecular complexity index is 672. The molecule has 7 nitrogen and oxygen atoms in total. The second-order valence-electron chi connectivity index (χ2n) is 11.0. The first-order chi connectivity index (χ1) is 14.6. The number of ether oxygens (including phenoxy) is 4. The van der Waals surface area contributed by atoms with Crippen molar-refractivity contribution in [1.82, 2.24) is 10.2 Å². The van der Waals surface area contributed by atoms with Gasteiger partial charge in [-0.3, -0.25) is 0 Å². The molecule has 0 unspecified atom stereocenters. The monoisotopic (exact) mass is 435 g/mol. The fourth-order valence-corrected chi connectivity index (χ4v) is 3.70. The van der Waals surface area contributed by atoms with Gasteiger partial charge in [0.2, 0.25) is 0 Å². The lowest BCUT2D eigenvalue weighted by atomic mass is 9.90. The van der Waals surface area contributed by atoms with Crippen LogP contribution in [0.1, 0.15) is 67.2 Å². The topological polar surface area (TPSA) is 65.9 Å². The SMILES string of the molecule is CC(C)(C)COC1CC(OC2CCN(c3cc(OCCOC(C)(C)C)cnn3)CC2)C1. The Hall–Kier alpha value is -1.44. The van der Waals surface area contributed by atoms with Crippen LogP contribution in [0, 0.1) is 5.41 Å². The number of hydrogen-bond donors (Lipinski definition) is 0. The minimum Gasteiger partial charge on any atom is -0.489 e. The standard InChI is InChI=1S/C24H41N3O4/c1-23(2,3)17-29-19-13-20(14-19)31-18-7-9-27(10-8-18)22-15-21(16-25-26-22)28-11-12-30-24(4,5)6/h15-16,18-20H,7-14,17H2,1-6H3. The highest BCUT2D eigenvalue weighted by Crippen LogP contribution is 2.31. The van der Waals surface area contributed by atoms with E-state index in [9.17, 15) is 0 Å². The van der Waals surface area contributed by atoms with Crippen molar-refractivity contribution < 1.29 is 18.9 Å². The second kappa shape index (κ2) is 10.5. The van der Waals surface area contributed by atoms with Gasteiger partial charge in [-0.1, -0.05) is 20.8 Å². The Labute approximate surface area is 187 Å².